The molecule has 1 aromatic carbocycles. The van der Waals surface area contributed by atoms with Crippen LogP contribution >= 0.6 is 46.3 Å². The fourth-order valence-electron chi connectivity index (χ4n) is 2.55. The summed E-state index contributed by atoms with van der Waals surface area (Å²) < 4.78 is 5.62. The molecule has 1 aromatic heterocycles. The SMILES string of the molecule is N/C(=C\NC1C(O)C(Sc2ccc(Cl)c(Cl)c2)OC(CO)N1O)c1ccsc1. The molecule has 2 aromatic rings. The Balaban J connectivity index is 1.76. The van der Waals surface area contributed by atoms with Crippen LogP contribution < -0.4 is 11.1 Å². The topological polar surface area (TPSA) is 111 Å². The molecule has 28 heavy (non-hydrogen) atoms. The quantitative estimate of drug-likeness (QED) is 0.444. The molecule has 0 saturated carbocycles. The smallest absolute Gasteiger partial charge is 0.159 e. The van der Waals surface area contributed by atoms with E-state index in [1.165, 1.54) is 29.3 Å². The largest absolute Gasteiger partial charge is 0.397 e. The lowest BCUT2D eigenvalue weighted by atomic mass is 10.2. The highest BCUT2D eigenvalue weighted by atomic mass is 35.5. The van der Waals surface area contributed by atoms with Gasteiger partial charge in [-0.3, -0.25) is 0 Å². The Labute approximate surface area is 180 Å². The molecule has 6 N–H and O–H groups in total. The Morgan fingerprint density at radius 2 is 2.14 bits per heavy atom. The number of nitrogens with zero attached hydrogens (tertiary/aromatic N) is 1. The third kappa shape index (κ3) is 4.93. The van der Waals surface area contributed by atoms with Crippen molar-refractivity contribution in [2.45, 2.75) is 28.8 Å². The molecule has 152 valence electrons. The van der Waals surface area contributed by atoms with Gasteiger partial charge >= 0.3 is 0 Å². The molecule has 11 heteroatoms. The van der Waals surface area contributed by atoms with E-state index in [2.05, 4.69) is 5.32 Å². The molecule has 1 aliphatic heterocycles. The zero-order valence-corrected chi connectivity index (χ0v) is 17.5. The summed E-state index contributed by atoms with van der Waals surface area (Å²) >= 11 is 14.7. The predicted molar refractivity (Wildman–Crippen MR) is 111 cm³/mol. The first-order valence-corrected chi connectivity index (χ1v) is 10.8. The predicted octanol–water partition coefficient (Wildman–Crippen LogP) is 2.75. The van der Waals surface area contributed by atoms with Crippen LogP contribution in [0.25, 0.3) is 5.70 Å². The van der Waals surface area contributed by atoms with E-state index in [0.29, 0.717) is 20.6 Å². The maximum atomic E-state index is 10.7. The number of nitrogens with one attached hydrogen (secondary N) is 1. The van der Waals surface area contributed by atoms with Crippen LogP contribution in [0.1, 0.15) is 5.56 Å². The third-order valence-electron chi connectivity index (χ3n) is 4.04. The van der Waals surface area contributed by atoms with Gasteiger partial charge in [0.1, 0.15) is 17.7 Å². The molecule has 2 heterocycles. The summed E-state index contributed by atoms with van der Waals surface area (Å²) in [5, 5.41) is 38.8. The molecular formula is C17H19Cl2N3O4S2. The van der Waals surface area contributed by atoms with Crippen molar-refractivity contribution in [2.75, 3.05) is 6.61 Å². The Morgan fingerprint density at radius 1 is 1.36 bits per heavy atom. The van der Waals surface area contributed by atoms with Gasteiger partial charge in [-0.1, -0.05) is 35.0 Å². The van der Waals surface area contributed by atoms with Crippen LogP contribution in [0.5, 0.6) is 0 Å². The van der Waals surface area contributed by atoms with Crippen LogP contribution in [0.3, 0.4) is 0 Å². The number of hydrogen-bond acceptors (Lipinski definition) is 9. The fraction of sp³-hybridized carbons (Fsp3) is 0.294. The number of aliphatic hydroxyl groups is 2. The molecule has 7 nitrogen and oxygen atoms in total. The number of nitrogens with two attached hydrogens (primary N) is 1. The monoisotopic (exact) mass is 463 g/mol. The molecule has 0 spiro atoms. The van der Waals surface area contributed by atoms with Gasteiger partial charge in [-0.25, -0.2) is 0 Å². The molecule has 1 fully saturated rings. The van der Waals surface area contributed by atoms with Gasteiger partial charge in [-0.05, 0) is 29.6 Å². The van der Waals surface area contributed by atoms with Crippen molar-refractivity contribution in [1.29, 1.82) is 0 Å². The van der Waals surface area contributed by atoms with Crippen LogP contribution in [0.15, 0.2) is 46.1 Å². The maximum absolute atomic E-state index is 10.7. The van der Waals surface area contributed by atoms with Crippen LogP contribution in [-0.2, 0) is 4.74 Å². The van der Waals surface area contributed by atoms with E-state index >= 15 is 0 Å². The summed E-state index contributed by atoms with van der Waals surface area (Å²) in [4.78, 5) is 0.716. The lowest BCUT2D eigenvalue weighted by Crippen LogP contribution is -2.63. The van der Waals surface area contributed by atoms with Gasteiger partial charge in [0.2, 0.25) is 0 Å². The summed E-state index contributed by atoms with van der Waals surface area (Å²) in [5.74, 6) is 0. The van der Waals surface area contributed by atoms with Crippen molar-refractivity contribution in [3.05, 3.63) is 56.8 Å². The maximum Gasteiger partial charge on any atom is 0.159 e. The van der Waals surface area contributed by atoms with Crippen LogP contribution in [-0.4, -0.2) is 51.0 Å². The first-order chi connectivity index (χ1) is 13.4. The zero-order chi connectivity index (χ0) is 20.3. The molecule has 4 atom stereocenters. The third-order valence-corrected chi connectivity index (χ3v) is 6.61. The lowest BCUT2D eigenvalue weighted by Gasteiger charge is -2.43. The van der Waals surface area contributed by atoms with Gasteiger partial charge in [0, 0.05) is 22.0 Å². The number of halogens is 2. The first kappa shape index (κ1) is 21.7. The van der Waals surface area contributed by atoms with Crippen molar-refractivity contribution < 1.29 is 20.2 Å². The van der Waals surface area contributed by atoms with Crippen LogP contribution in [0, 0.1) is 0 Å². The molecule has 0 aliphatic carbocycles. The van der Waals surface area contributed by atoms with Gasteiger partial charge in [0.25, 0.3) is 0 Å². The molecule has 3 rings (SSSR count). The second-order valence-corrected chi connectivity index (χ2v) is 8.70. The van der Waals surface area contributed by atoms with E-state index in [1.54, 1.807) is 18.2 Å². The number of ether oxygens (including phenoxy) is 1. The van der Waals surface area contributed by atoms with Gasteiger partial charge in [-0.15, -0.1) is 5.06 Å². The van der Waals surface area contributed by atoms with E-state index in [9.17, 15) is 15.4 Å². The zero-order valence-electron chi connectivity index (χ0n) is 14.4. The van der Waals surface area contributed by atoms with Gasteiger partial charge in [0.15, 0.2) is 6.23 Å². The van der Waals surface area contributed by atoms with E-state index in [4.69, 9.17) is 33.7 Å². The van der Waals surface area contributed by atoms with E-state index < -0.39 is 30.5 Å². The molecule has 4 unspecified atom stereocenters. The normalized spacial score (nSPS) is 26.4. The highest BCUT2D eigenvalue weighted by Crippen LogP contribution is 2.35. The highest BCUT2D eigenvalue weighted by Gasteiger charge is 2.43. The van der Waals surface area contributed by atoms with Crippen molar-refractivity contribution in [3.63, 3.8) is 0 Å². The second-order valence-electron chi connectivity index (χ2n) is 5.93. The fourth-order valence-corrected chi connectivity index (χ4v) is 4.65. The number of benzene rings is 1. The molecule has 0 bridgehead atoms. The van der Waals surface area contributed by atoms with Crippen LogP contribution in [0.4, 0.5) is 0 Å². The molecule has 0 amide bonds. The van der Waals surface area contributed by atoms with Crippen molar-refractivity contribution in [1.82, 2.24) is 10.4 Å². The lowest BCUT2D eigenvalue weighted by molar-refractivity contribution is -0.311. The van der Waals surface area contributed by atoms with Crippen molar-refractivity contribution >= 4 is 52.0 Å². The van der Waals surface area contributed by atoms with Crippen molar-refractivity contribution in [3.8, 4) is 0 Å². The minimum atomic E-state index is -1.15. The summed E-state index contributed by atoms with van der Waals surface area (Å²) in [6, 6.07) is 6.89. The standard InChI is InChI=1S/C17H19Cl2N3O4S2/c18-11-2-1-10(5-12(11)19)28-17-15(24)16(22(25)14(7-23)26-17)21-6-13(20)9-3-4-27-8-9/h1-6,8,14-17,21,23-25H,7,20H2/b13-6-. The molecule has 1 aliphatic rings. The Kier molecular flexibility index (Phi) is 7.48. The molecule has 0 radical (unpaired) electrons. The summed E-state index contributed by atoms with van der Waals surface area (Å²) in [7, 11) is 0. The van der Waals surface area contributed by atoms with Crippen LogP contribution in [0.2, 0.25) is 10.0 Å². The van der Waals surface area contributed by atoms with E-state index in [0.717, 1.165) is 10.6 Å². The number of hydroxylamine groups is 2. The number of rotatable bonds is 6. The number of thioether (sulfide) groups is 1. The number of hydrogen-bond donors (Lipinski definition) is 5. The van der Waals surface area contributed by atoms with E-state index in [-0.39, 0.29) is 0 Å². The summed E-state index contributed by atoms with van der Waals surface area (Å²) in [5.41, 5.74) is 6.50. The average molecular weight is 464 g/mol. The average Bonchev–Trinajstić information content (AvgIpc) is 3.21. The number of thiophene rings is 1. The van der Waals surface area contributed by atoms with Gasteiger partial charge in [-0.2, -0.15) is 11.3 Å². The summed E-state index contributed by atoms with van der Waals surface area (Å²) in [6.45, 7) is -0.469. The molecular weight excluding hydrogens is 445 g/mol. The van der Waals surface area contributed by atoms with E-state index in [1.807, 2.05) is 16.8 Å². The molecule has 1 saturated heterocycles. The Morgan fingerprint density at radius 3 is 2.79 bits per heavy atom. The van der Waals surface area contributed by atoms with Gasteiger partial charge < -0.3 is 31.2 Å². The minimum Gasteiger partial charge on any atom is -0.397 e. The Hall–Kier alpha value is -1.01. The first-order valence-electron chi connectivity index (χ1n) is 8.18. The number of aliphatic hydroxyl groups excluding tert-OH is 2. The minimum absolute atomic E-state index is 0.376. The summed E-state index contributed by atoms with van der Waals surface area (Å²) in [6.07, 6.45) is -1.64. The second kappa shape index (κ2) is 9.66. The highest BCUT2D eigenvalue weighted by molar-refractivity contribution is 7.99. The van der Waals surface area contributed by atoms with Gasteiger partial charge in [0.05, 0.1) is 22.3 Å². The van der Waals surface area contributed by atoms with Crippen molar-refractivity contribution in [2.24, 2.45) is 5.73 Å². The Bertz CT molecular complexity index is 825.